The van der Waals surface area contributed by atoms with Crippen molar-refractivity contribution in [3.8, 4) is 46.0 Å². The van der Waals surface area contributed by atoms with Crippen LogP contribution in [0.3, 0.4) is 0 Å². The average Bonchev–Trinajstić information content (AvgIpc) is 3.49. The molecular weight excluding hydrogens is 1060 g/mol. The van der Waals surface area contributed by atoms with E-state index in [0.717, 1.165) is 91.5 Å². The Kier molecular flexibility index (Phi) is 30.2. The molecule has 0 aliphatic heterocycles. The minimum Gasteiger partial charge on any atom is -0.497 e. The molecule has 0 spiro atoms. The fourth-order valence-electron chi connectivity index (χ4n) is 6.00. The van der Waals surface area contributed by atoms with Crippen LogP contribution in [0, 0.1) is 0 Å². The first-order valence-corrected chi connectivity index (χ1v) is 23.3. The summed E-state index contributed by atoms with van der Waals surface area (Å²) < 4.78 is 40.6. The van der Waals surface area contributed by atoms with Gasteiger partial charge < -0.3 is 79.1 Å². The molecule has 18 heteroatoms. The number of ether oxygens (including phenoxy) is 8. The van der Waals surface area contributed by atoms with Crippen molar-refractivity contribution in [1.29, 1.82) is 0 Å². The van der Waals surface area contributed by atoms with Crippen LogP contribution in [0.15, 0.2) is 214 Å². The molecule has 78 heavy (non-hydrogen) atoms. The second-order valence-electron chi connectivity index (χ2n) is 15.1. The van der Waals surface area contributed by atoms with Crippen molar-refractivity contribution in [2.75, 3.05) is 56.9 Å². The molecule has 0 aliphatic rings. The van der Waals surface area contributed by atoms with E-state index in [4.69, 9.17) is 37.9 Å². The molecule has 0 N–H and O–H groups in total. The van der Waals surface area contributed by atoms with Gasteiger partial charge in [-0.2, -0.15) is 0 Å². The van der Waals surface area contributed by atoms with Crippen molar-refractivity contribution in [2.24, 2.45) is 20.0 Å². The standard InChI is InChI=1S/4C15H15N2O2.2V/c4*1-18-14-7-3-12(4-8-14)16-11-17-13-5-9-15(19-2)10-6-13;;/h4*3-11H,1-2H3;;/q4*-1;2*+2. The van der Waals surface area contributed by atoms with E-state index in [2.05, 4.69) is 41.2 Å². The number of nitrogens with zero attached hydrogens (tertiary/aromatic N) is 8. The first-order chi connectivity index (χ1) is 37.3. The predicted octanol–water partition coefficient (Wildman–Crippen LogP) is 16.3. The monoisotopic (exact) mass is 1120 g/mol. The van der Waals surface area contributed by atoms with E-state index in [1.54, 1.807) is 56.9 Å². The van der Waals surface area contributed by atoms with Gasteiger partial charge >= 0.3 is 37.1 Å². The van der Waals surface area contributed by atoms with E-state index in [1.165, 1.54) is 25.4 Å². The van der Waals surface area contributed by atoms with Gasteiger partial charge in [0, 0.05) is 0 Å². The molecule has 16 nitrogen and oxygen atoms in total. The molecule has 0 bridgehead atoms. The van der Waals surface area contributed by atoms with Crippen LogP contribution in [0.4, 0.5) is 45.5 Å². The Bertz CT molecular complexity index is 2560. The Morgan fingerprint density at radius 1 is 0.218 bits per heavy atom. The molecule has 0 unspecified atom stereocenters. The van der Waals surface area contributed by atoms with Gasteiger partial charge in [0.25, 0.3) is 0 Å². The zero-order chi connectivity index (χ0) is 54.0. The summed E-state index contributed by atoms with van der Waals surface area (Å²) in [5.74, 6) is 6.49. The maximum atomic E-state index is 5.08. The Morgan fingerprint density at radius 3 is 0.474 bits per heavy atom. The Morgan fingerprint density at radius 2 is 0.346 bits per heavy atom. The molecule has 0 amide bonds. The minimum atomic E-state index is 0. The summed E-state index contributed by atoms with van der Waals surface area (Å²) in [5, 5.41) is 17.0. The van der Waals surface area contributed by atoms with Crippen LogP contribution in [-0.4, -0.2) is 82.2 Å². The number of aliphatic imine (C=N–C) groups is 4. The third-order valence-corrected chi connectivity index (χ3v) is 10.2. The molecule has 8 aromatic rings. The van der Waals surface area contributed by atoms with Gasteiger partial charge in [0.05, 0.1) is 56.9 Å². The minimum absolute atomic E-state index is 0. The normalized spacial score (nSPS) is 10.2. The second-order valence-corrected chi connectivity index (χ2v) is 15.1. The molecule has 8 aromatic carbocycles. The van der Waals surface area contributed by atoms with Crippen LogP contribution >= 0.6 is 0 Å². The van der Waals surface area contributed by atoms with Crippen molar-refractivity contribution in [1.82, 2.24) is 0 Å². The first kappa shape index (κ1) is 63.5. The van der Waals surface area contributed by atoms with Gasteiger partial charge in [-0.05, 0) is 143 Å². The predicted molar refractivity (Wildman–Crippen MR) is 309 cm³/mol. The van der Waals surface area contributed by atoms with Crippen molar-refractivity contribution >= 4 is 70.9 Å². The van der Waals surface area contributed by atoms with Crippen molar-refractivity contribution in [3.05, 3.63) is 215 Å². The first-order valence-electron chi connectivity index (χ1n) is 23.3. The second kappa shape index (κ2) is 37.0. The topological polar surface area (TPSA) is 180 Å². The van der Waals surface area contributed by atoms with Crippen LogP contribution in [0.2, 0.25) is 0 Å². The summed E-state index contributed by atoms with van der Waals surface area (Å²) >= 11 is 0. The largest absolute Gasteiger partial charge is 2.00 e. The molecule has 2 radical (unpaired) electrons. The van der Waals surface area contributed by atoms with E-state index in [-0.39, 0.29) is 37.1 Å². The van der Waals surface area contributed by atoms with Gasteiger partial charge in [0.2, 0.25) is 0 Å². The Labute approximate surface area is 481 Å². The van der Waals surface area contributed by atoms with Crippen LogP contribution < -0.4 is 37.9 Å². The van der Waals surface area contributed by atoms with Gasteiger partial charge in [-0.1, -0.05) is 122 Å². The molecule has 398 valence electrons. The third kappa shape index (κ3) is 23.8. The fraction of sp³-hybridized carbons (Fsp3) is 0.133. The van der Waals surface area contributed by atoms with E-state index < -0.39 is 0 Å². The third-order valence-electron chi connectivity index (χ3n) is 10.2. The molecule has 0 saturated heterocycles. The van der Waals surface area contributed by atoms with Gasteiger partial charge in [-0.15, -0.1) is 0 Å². The summed E-state index contributed by atoms with van der Waals surface area (Å²) in [4.78, 5) is 17.0. The van der Waals surface area contributed by atoms with Crippen molar-refractivity contribution in [2.45, 2.75) is 0 Å². The molecule has 0 aliphatic carbocycles. The van der Waals surface area contributed by atoms with Gasteiger partial charge in [0.1, 0.15) is 46.0 Å². The quantitative estimate of drug-likeness (QED) is 0.0534. The van der Waals surface area contributed by atoms with Gasteiger partial charge in [0.15, 0.2) is 0 Å². The fourth-order valence-corrected chi connectivity index (χ4v) is 6.00. The summed E-state index contributed by atoms with van der Waals surface area (Å²) in [6.45, 7) is 0. The summed E-state index contributed by atoms with van der Waals surface area (Å²) in [6.07, 6.45) is 6.13. The van der Waals surface area contributed by atoms with E-state index >= 15 is 0 Å². The molecule has 8 rings (SSSR count). The number of rotatable bonds is 20. The molecule has 0 atom stereocenters. The molecule has 0 heterocycles. The van der Waals surface area contributed by atoms with Crippen LogP contribution in [0.25, 0.3) is 21.3 Å². The summed E-state index contributed by atoms with van der Waals surface area (Å²) in [5.41, 5.74) is 6.65. The van der Waals surface area contributed by atoms with Crippen molar-refractivity contribution in [3.63, 3.8) is 0 Å². The molecule has 0 aromatic heterocycles. The zero-order valence-electron chi connectivity index (χ0n) is 44.5. The van der Waals surface area contributed by atoms with Crippen LogP contribution in [-0.2, 0) is 37.1 Å². The van der Waals surface area contributed by atoms with Gasteiger partial charge in [-0.25, -0.2) is 0 Å². The summed E-state index contributed by atoms with van der Waals surface area (Å²) in [6, 6.07) is 59.8. The maximum Gasteiger partial charge on any atom is 2.00 e. The average molecular weight is 1120 g/mol. The number of methoxy groups -OCH3 is 8. The number of benzene rings is 8. The Hall–Kier alpha value is -8.79. The van der Waals surface area contributed by atoms with Gasteiger partial charge in [-0.3, -0.25) is 0 Å². The zero-order valence-corrected chi connectivity index (χ0v) is 47.3. The van der Waals surface area contributed by atoms with Crippen LogP contribution in [0.5, 0.6) is 46.0 Å². The molecular formula is C60H60N8O8V2. The van der Waals surface area contributed by atoms with E-state index in [0.29, 0.717) is 0 Å². The maximum absolute atomic E-state index is 5.08. The number of hydrogen-bond acceptors (Lipinski definition) is 12. The molecule has 0 saturated carbocycles. The van der Waals surface area contributed by atoms with E-state index in [1.807, 2.05) is 194 Å². The SMILES string of the molecule is COc1ccc(N=C[N-]c2ccc(OC)cc2)cc1.COc1ccc(N=C[N-]c2ccc(OC)cc2)cc1.COc1ccc(N=C[N-]c2ccc(OC)cc2)cc1.COc1ccc(N=C[N-]c2ccc(OC)cc2)cc1.[V+2].[V+2]. The summed E-state index contributed by atoms with van der Waals surface area (Å²) in [7, 11) is 13.1. The van der Waals surface area contributed by atoms with Crippen LogP contribution in [0.1, 0.15) is 0 Å². The van der Waals surface area contributed by atoms with E-state index in [9.17, 15) is 0 Å². The smallest absolute Gasteiger partial charge is 0.497 e. The molecule has 0 fully saturated rings. The Balaban J connectivity index is 0.000000271. The van der Waals surface area contributed by atoms with Crippen molar-refractivity contribution < 1.29 is 75.0 Å². The number of hydrogen-bond donors (Lipinski definition) is 0.